The van der Waals surface area contributed by atoms with Crippen LogP contribution in [0.25, 0.3) is 0 Å². The van der Waals surface area contributed by atoms with Crippen molar-refractivity contribution >= 4 is 5.91 Å². The molecule has 0 unspecified atom stereocenters. The van der Waals surface area contributed by atoms with Crippen LogP contribution in [-0.2, 0) is 11.3 Å². The first-order valence-electron chi connectivity index (χ1n) is 4.17. The molecule has 0 atom stereocenters. The standard InChI is InChI=1S/C8H11N5O/c1-12(4-2-3-9)8(14)5-13-7-10-6-11-13/h6-7H,2,4-5H2,1H3. The number of carbonyl (C=O) groups is 1. The summed E-state index contributed by atoms with van der Waals surface area (Å²) in [6.07, 6.45) is 3.21. The molecule has 0 radical (unpaired) electrons. The van der Waals surface area contributed by atoms with E-state index in [1.54, 1.807) is 7.05 Å². The van der Waals surface area contributed by atoms with E-state index < -0.39 is 0 Å². The first kappa shape index (κ1) is 10.2. The van der Waals surface area contributed by atoms with Gasteiger partial charge in [-0.3, -0.25) is 4.79 Å². The smallest absolute Gasteiger partial charge is 0.244 e. The van der Waals surface area contributed by atoms with E-state index in [4.69, 9.17) is 5.26 Å². The minimum atomic E-state index is -0.0780. The molecule has 1 aromatic heterocycles. The summed E-state index contributed by atoms with van der Waals surface area (Å²) in [4.78, 5) is 16.7. The number of amides is 1. The van der Waals surface area contributed by atoms with Gasteiger partial charge in [0.25, 0.3) is 0 Å². The monoisotopic (exact) mass is 193 g/mol. The lowest BCUT2D eigenvalue weighted by Crippen LogP contribution is -2.31. The summed E-state index contributed by atoms with van der Waals surface area (Å²) >= 11 is 0. The third-order valence-corrected chi connectivity index (χ3v) is 1.75. The molecule has 1 aromatic rings. The molecule has 0 aliphatic rings. The molecule has 0 aromatic carbocycles. The largest absolute Gasteiger partial charge is 0.343 e. The van der Waals surface area contributed by atoms with E-state index in [0.717, 1.165) is 0 Å². The fraction of sp³-hybridized carbons (Fsp3) is 0.500. The quantitative estimate of drug-likeness (QED) is 0.655. The second-order valence-corrected chi connectivity index (χ2v) is 2.82. The van der Waals surface area contributed by atoms with Gasteiger partial charge in [-0.05, 0) is 0 Å². The van der Waals surface area contributed by atoms with E-state index in [1.807, 2.05) is 6.07 Å². The lowest BCUT2D eigenvalue weighted by Gasteiger charge is -2.14. The molecule has 0 N–H and O–H groups in total. The first-order valence-corrected chi connectivity index (χ1v) is 4.17. The molecular formula is C8H11N5O. The van der Waals surface area contributed by atoms with Crippen LogP contribution in [0, 0.1) is 11.3 Å². The van der Waals surface area contributed by atoms with Gasteiger partial charge < -0.3 is 4.90 Å². The van der Waals surface area contributed by atoms with Crippen LogP contribution < -0.4 is 0 Å². The van der Waals surface area contributed by atoms with E-state index in [9.17, 15) is 4.79 Å². The molecule has 0 aliphatic heterocycles. The fourth-order valence-electron chi connectivity index (χ4n) is 0.916. The van der Waals surface area contributed by atoms with Crippen LogP contribution in [0.15, 0.2) is 12.7 Å². The van der Waals surface area contributed by atoms with Crippen molar-refractivity contribution in [3.05, 3.63) is 12.7 Å². The van der Waals surface area contributed by atoms with E-state index in [1.165, 1.54) is 22.2 Å². The average Bonchev–Trinajstić information content (AvgIpc) is 2.66. The van der Waals surface area contributed by atoms with Crippen LogP contribution in [-0.4, -0.2) is 39.2 Å². The van der Waals surface area contributed by atoms with Gasteiger partial charge in [0.15, 0.2) is 0 Å². The zero-order valence-corrected chi connectivity index (χ0v) is 7.92. The Morgan fingerprint density at radius 2 is 2.50 bits per heavy atom. The highest BCUT2D eigenvalue weighted by Crippen LogP contribution is 1.91. The molecule has 6 heteroatoms. The zero-order valence-electron chi connectivity index (χ0n) is 7.92. The highest BCUT2D eigenvalue weighted by atomic mass is 16.2. The maximum atomic E-state index is 11.4. The van der Waals surface area contributed by atoms with Gasteiger partial charge in [0.05, 0.1) is 12.5 Å². The summed E-state index contributed by atoms with van der Waals surface area (Å²) in [5, 5.41) is 12.2. The van der Waals surface area contributed by atoms with Crippen molar-refractivity contribution in [2.24, 2.45) is 0 Å². The number of hydrogen-bond donors (Lipinski definition) is 0. The summed E-state index contributed by atoms with van der Waals surface area (Å²) in [6.45, 7) is 0.617. The summed E-state index contributed by atoms with van der Waals surface area (Å²) in [5.74, 6) is -0.0780. The van der Waals surface area contributed by atoms with Crippen LogP contribution >= 0.6 is 0 Å². The summed E-state index contributed by atoms with van der Waals surface area (Å²) in [7, 11) is 1.66. The third-order valence-electron chi connectivity index (χ3n) is 1.75. The Labute approximate surface area is 81.8 Å². The highest BCUT2D eigenvalue weighted by molar-refractivity contribution is 5.75. The molecule has 0 saturated carbocycles. The van der Waals surface area contributed by atoms with Crippen LogP contribution in [0.3, 0.4) is 0 Å². The number of nitriles is 1. The Bertz CT molecular complexity index is 326. The predicted octanol–water partition coefficient (Wildman–Crippen LogP) is -0.350. The molecule has 0 fully saturated rings. The number of likely N-dealkylation sites (N-methyl/N-ethyl adjacent to an activating group) is 1. The number of aromatic nitrogens is 3. The Balaban J connectivity index is 2.39. The molecule has 1 amide bonds. The van der Waals surface area contributed by atoms with E-state index in [0.29, 0.717) is 13.0 Å². The Morgan fingerprint density at radius 1 is 1.71 bits per heavy atom. The van der Waals surface area contributed by atoms with Crippen molar-refractivity contribution in [2.75, 3.05) is 13.6 Å². The van der Waals surface area contributed by atoms with Crippen molar-refractivity contribution < 1.29 is 4.79 Å². The lowest BCUT2D eigenvalue weighted by atomic mass is 10.4. The van der Waals surface area contributed by atoms with Gasteiger partial charge in [-0.2, -0.15) is 10.4 Å². The molecule has 0 spiro atoms. The lowest BCUT2D eigenvalue weighted by molar-refractivity contribution is -0.130. The fourth-order valence-corrected chi connectivity index (χ4v) is 0.916. The normalized spacial score (nSPS) is 9.43. The Hall–Kier alpha value is -1.90. The summed E-state index contributed by atoms with van der Waals surface area (Å²) in [5.41, 5.74) is 0. The van der Waals surface area contributed by atoms with Crippen molar-refractivity contribution in [1.82, 2.24) is 19.7 Å². The highest BCUT2D eigenvalue weighted by Gasteiger charge is 2.08. The summed E-state index contributed by atoms with van der Waals surface area (Å²) < 4.78 is 1.45. The number of nitrogens with zero attached hydrogens (tertiary/aromatic N) is 5. The van der Waals surface area contributed by atoms with Crippen molar-refractivity contribution in [1.29, 1.82) is 5.26 Å². The first-order chi connectivity index (χ1) is 6.74. The molecule has 0 aliphatic carbocycles. The van der Waals surface area contributed by atoms with Gasteiger partial charge in [0, 0.05) is 13.6 Å². The minimum absolute atomic E-state index is 0.0780. The molecule has 0 bridgehead atoms. The van der Waals surface area contributed by atoms with Crippen LogP contribution in [0.2, 0.25) is 0 Å². The number of rotatable bonds is 4. The van der Waals surface area contributed by atoms with Crippen molar-refractivity contribution in [2.45, 2.75) is 13.0 Å². The summed E-state index contributed by atoms with van der Waals surface area (Å²) in [6, 6.07) is 1.98. The van der Waals surface area contributed by atoms with E-state index in [-0.39, 0.29) is 12.5 Å². The zero-order chi connectivity index (χ0) is 10.4. The van der Waals surface area contributed by atoms with E-state index >= 15 is 0 Å². The van der Waals surface area contributed by atoms with E-state index in [2.05, 4.69) is 10.1 Å². The second-order valence-electron chi connectivity index (χ2n) is 2.82. The van der Waals surface area contributed by atoms with Gasteiger partial charge in [0.1, 0.15) is 19.2 Å². The van der Waals surface area contributed by atoms with Crippen LogP contribution in [0.4, 0.5) is 0 Å². The minimum Gasteiger partial charge on any atom is -0.343 e. The van der Waals surface area contributed by atoms with Crippen molar-refractivity contribution in [3.8, 4) is 6.07 Å². The SMILES string of the molecule is CN(CCC#N)C(=O)Cn1cncn1. The predicted molar refractivity (Wildman–Crippen MR) is 47.9 cm³/mol. The van der Waals surface area contributed by atoms with Gasteiger partial charge in [-0.1, -0.05) is 0 Å². The molecular weight excluding hydrogens is 182 g/mol. The van der Waals surface area contributed by atoms with Crippen LogP contribution in [0.5, 0.6) is 0 Å². The molecule has 6 nitrogen and oxygen atoms in total. The molecule has 74 valence electrons. The van der Waals surface area contributed by atoms with Crippen molar-refractivity contribution in [3.63, 3.8) is 0 Å². The molecule has 14 heavy (non-hydrogen) atoms. The van der Waals surface area contributed by atoms with Gasteiger partial charge in [0.2, 0.25) is 5.91 Å². The maximum Gasteiger partial charge on any atom is 0.244 e. The topological polar surface area (TPSA) is 74.8 Å². The van der Waals surface area contributed by atoms with Gasteiger partial charge >= 0.3 is 0 Å². The Morgan fingerprint density at radius 3 is 3.07 bits per heavy atom. The number of hydrogen-bond acceptors (Lipinski definition) is 4. The molecule has 0 saturated heterocycles. The Kier molecular flexibility index (Phi) is 3.61. The number of carbonyl (C=O) groups excluding carboxylic acids is 1. The average molecular weight is 193 g/mol. The van der Waals surface area contributed by atoms with Gasteiger partial charge in [-0.25, -0.2) is 9.67 Å². The third kappa shape index (κ3) is 2.86. The molecule has 1 rings (SSSR count). The van der Waals surface area contributed by atoms with Crippen LogP contribution in [0.1, 0.15) is 6.42 Å². The second kappa shape index (κ2) is 4.97. The van der Waals surface area contributed by atoms with Gasteiger partial charge in [-0.15, -0.1) is 0 Å². The maximum absolute atomic E-state index is 11.4. The molecule has 1 heterocycles.